The largest absolute Gasteiger partial charge is 0.486 e. The molecule has 2 N–H and O–H groups in total. The van der Waals surface area contributed by atoms with Gasteiger partial charge in [-0.3, -0.25) is 0 Å². The smallest absolute Gasteiger partial charge is 0.232 e. The number of hydrogen-bond acceptors (Lipinski definition) is 7. The Kier molecular flexibility index (Phi) is 6.46. The Morgan fingerprint density at radius 2 is 1.61 bits per heavy atom. The Morgan fingerprint density at radius 1 is 0.861 bits per heavy atom. The number of ether oxygens (including phenoxy) is 2. The van der Waals surface area contributed by atoms with E-state index in [1.807, 2.05) is 18.2 Å². The predicted octanol–water partition coefficient (Wildman–Crippen LogP) is 3.90. The van der Waals surface area contributed by atoms with Gasteiger partial charge < -0.3 is 29.9 Å². The fourth-order valence-corrected chi connectivity index (χ4v) is 5.13. The molecule has 0 spiro atoms. The van der Waals surface area contributed by atoms with Crippen LogP contribution >= 0.6 is 12.2 Å². The number of benzene rings is 2. The normalized spacial score (nSPS) is 16.4. The van der Waals surface area contributed by atoms with Gasteiger partial charge in [0.2, 0.25) is 5.95 Å². The quantitative estimate of drug-likeness (QED) is 0.505. The molecule has 1 saturated heterocycles. The van der Waals surface area contributed by atoms with Gasteiger partial charge in [-0.1, -0.05) is 30.3 Å². The summed E-state index contributed by atoms with van der Waals surface area (Å²) in [5.74, 6) is 3.96. The minimum atomic E-state index is 0.485. The maximum Gasteiger partial charge on any atom is 0.232 e. The van der Waals surface area contributed by atoms with Crippen molar-refractivity contribution in [1.82, 2.24) is 15.3 Å². The highest BCUT2D eigenvalue weighted by molar-refractivity contribution is 7.80. The van der Waals surface area contributed by atoms with Gasteiger partial charge >= 0.3 is 0 Å². The molecule has 3 aliphatic rings. The lowest BCUT2D eigenvalue weighted by Crippen LogP contribution is -2.33. The Bertz CT molecular complexity index is 1260. The second-order valence-corrected chi connectivity index (χ2v) is 9.74. The molecule has 0 aliphatic carbocycles. The number of fused-ring (bicyclic) bond motifs is 2. The topological polar surface area (TPSA) is 74.8 Å². The highest BCUT2D eigenvalue weighted by atomic mass is 32.1. The van der Waals surface area contributed by atoms with Crippen LogP contribution in [0, 0.1) is 0 Å². The zero-order chi connectivity index (χ0) is 24.3. The predicted molar refractivity (Wildman–Crippen MR) is 145 cm³/mol. The van der Waals surface area contributed by atoms with Crippen LogP contribution in [0.2, 0.25) is 0 Å². The first-order valence-corrected chi connectivity index (χ1v) is 13.0. The van der Waals surface area contributed by atoms with Crippen molar-refractivity contribution < 1.29 is 9.47 Å². The first-order valence-electron chi connectivity index (χ1n) is 12.6. The fraction of sp³-hybridized carbons (Fsp3) is 0.370. The van der Waals surface area contributed by atoms with Crippen LogP contribution in [-0.2, 0) is 19.5 Å². The van der Waals surface area contributed by atoms with Crippen molar-refractivity contribution in [2.45, 2.75) is 32.4 Å². The summed E-state index contributed by atoms with van der Waals surface area (Å²) in [5, 5.41) is 6.98. The van der Waals surface area contributed by atoms with Crippen LogP contribution in [0.1, 0.15) is 29.5 Å². The molecule has 3 aliphatic heterocycles. The van der Waals surface area contributed by atoms with Crippen molar-refractivity contribution in [3.63, 3.8) is 0 Å². The molecule has 0 radical (unpaired) electrons. The van der Waals surface area contributed by atoms with E-state index in [1.165, 1.54) is 24.0 Å². The average molecular weight is 503 g/mol. The molecule has 0 unspecified atom stereocenters. The van der Waals surface area contributed by atoms with E-state index in [9.17, 15) is 0 Å². The molecule has 1 fully saturated rings. The van der Waals surface area contributed by atoms with E-state index in [1.54, 1.807) is 0 Å². The van der Waals surface area contributed by atoms with Gasteiger partial charge in [0.25, 0.3) is 0 Å². The number of nitrogens with zero attached hydrogens (tertiary/aromatic N) is 4. The van der Waals surface area contributed by atoms with Crippen LogP contribution in [0.25, 0.3) is 0 Å². The lowest BCUT2D eigenvalue weighted by atomic mass is 10.00. The second-order valence-electron chi connectivity index (χ2n) is 9.33. The summed E-state index contributed by atoms with van der Waals surface area (Å²) in [6.45, 7) is 5.53. The molecule has 8 nitrogen and oxygen atoms in total. The van der Waals surface area contributed by atoms with Crippen LogP contribution in [0.15, 0.2) is 48.5 Å². The number of rotatable bonds is 5. The van der Waals surface area contributed by atoms with Crippen LogP contribution in [0.4, 0.5) is 17.6 Å². The molecule has 2 aromatic carbocycles. The summed E-state index contributed by atoms with van der Waals surface area (Å²) >= 11 is 5.60. The third kappa shape index (κ3) is 5.02. The van der Waals surface area contributed by atoms with Crippen molar-refractivity contribution in [3.8, 4) is 11.5 Å². The SMILES string of the molecule is S=C(NCc1ccc2c(c1)OCCO2)Nc1nc(N2CCCC2)cc(N2CCc3ccccc3C2)n1. The minimum absolute atomic E-state index is 0.485. The number of thiocarbonyl (C=S) groups is 1. The molecular formula is C27H30N6O2S. The molecule has 36 heavy (non-hydrogen) atoms. The molecular weight excluding hydrogens is 472 g/mol. The van der Waals surface area contributed by atoms with Crippen molar-refractivity contribution in [2.75, 3.05) is 48.0 Å². The van der Waals surface area contributed by atoms with Gasteiger partial charge in [-0.05, 0) is 60.3 Å². The van der Waals surface area contributed by atoms with Gasteiger partial charge in [0, 0.05) is 38.8 Å². The zero-order valence-corrected chi connectivity index (χ0v) is 21.0. The van der Waals surface area contributed by atoms with E-state index in [0.29, 0.717) is 30.8 Å². The summed E-state index contributed by atoms with van der Waals surface area (Å²) < 4.78 is 11.3. The van der Waals surface area contributed by atoms with E-state index in [2.05, 4.69) is 50.8 Å². The van der Waals surface area contributed by atoms with E-state index >= 15 is 0 Å². The third-order valence-corrected chi connectivity index (χ3v) is 7.12. The van der Waals surface area contributed by atoms with Gasteiger partial charge in [-0.2, -0.15) is 9.97 Å². The molecule has 6 rings (SSSR count). The highest BCUT2D eigenvalue weighted by Crippen LogP contribution is 2.31. The average Bonchev–Trinajstić information content (AvgIpc) is 3.47. The minimum Gasteiger partial charge on any atom is -0.486 e. The monoisotopic (exact) mass is 502 g/mol. The first kappa shape index (κ1) is 22.8. The molecule has 0 amide bonds. The van der Waals surface area contributed by atoms with Gasteiger partial charge in [0.15, 0.2) is 16.6 Å². The number of anilines is 3. The molecule has 0 atom stereocenters. The van der Waals surface area contributed by atoms with Crippen LogP contribution < -0.4 is 29.9 Å². The first-order chi connectivity index (χ1) is 17.7. The van der Waals surface area contributed by atoms with Crippen molar-refractivity contribution >= 4 is 34.9 Å². The summed E-state index contributed by atoms with van der Waals surface area (Å²) in [6, 6.07) is 16.7. The molecule has 9 heteroatoms. The molecule has 3 aromatic rings. The van der Waals surface area contributed by atoms with Crippen molar-refractivity contribution in [2.24, 2.45) is 0 Å². The second kappa shape index (κ2) is 10.2. The number of nitrogens with one attached hydrogen (secondary N) is 2. The molecule has 186 valence electrons. The Labute approximate surface area is 216 Å². The Hall–Kier alpha value is -3.59. The Balaban J connectivity index is 1.17. The van der Waals surface area contributed by atoms with Crippen LogP contribution in [0.5, 0.6) is 11.5 Å². The molecule has 0 bridgehead atoms. The summed E-state index contributed by atoms with van der Waals surface area (Å²) in [6.07, 6.45) is 3.39. The maximum atomic E-state index is 5.69. The van der Waals surface area contributed by atoms with Crippen molar-refractivity contribution in [3.05, 3.63) is 65.2 Å². The van der Waals surface area contributed by atoms with E-state index in [0.717, 1.165) is 61.3 Å². The lowest BCUT2D eigenvalue weighted by molar-refractivity contribution is 0.171. The van der Waals surface area contributed by atoms with Gasteiger partial charge in [-0.15, -0.1) is 0 Å². The van der Waals surface area contributed by atoms with Gasteiger partial charge in [-0.25, -0.2) is 0 Å². The lowest BCUT2D eigenvalue weighted by Gasteiger charge is -2.30. The summed E-state index contributed by atoms with van der Waals surface area (Å²) in [5.41, 5.74) is 3.84. The highest BCUT2D eigenvalue weighted by Gasteiger charge is 2.22. The van der Waals surface area contributed by atoms with E-state index < -0.39 is 0 Å². The summed E-state index contributed by atoms with van der Waals surface area (Å²) in [4.78, 5) is 14.4. The fourth-order valence-electron chi connectivity index (χ4n) is 4.97. The Morgan fingerprint density at radius 3 is 2.44 bits per heavy atom. The zero-order valence-electron chi connectivity index (χ0n) is 20.2. The standard InChI is InChI=1S/C27H30N6O2S/c36-27(28-17-19-7-8-22-23(15-19)35-14-13-34-22)31-26-29-24(32-10-3-4-11-32)16-25(30-26)33-12-9-20-5-1-2-6-21(20)18-33/h1-2,5-8,15-16H,3-4,9-14,17-18H2,(H2,28,29,30,31,36). The van der Waals surface area contributed by atoms with Crippen LogP contribution in [0.3, 0.4) is 0 Å². The van der Waals surface area contributed by atoms with Crippen molar-refractivity contribution in [1.29, 1.82) is 0 Å². The maximum absolute atomic E-state index is 5.69. The number of aromatic nitrogens is 2. The van der Waals surface area contributed by atoms with Crippen LogP contribution in [-0.4, -0.2) is 47.9 Å². The summed E-state index contributed by atoms with van der Waals surface area (Å²) in [7, 11) is 0. The molecule has 0 saturated carbocycles. The number of hydrogen-bond donors (Lipinski definition) is 2. The van der Waals surface area contributed by atoms with Gasteiger partial charge in [0.1, 0.15) is 24.8 Å². The van der Waals surface area contributed by atoms with E-state index in [4.69, 9.17) is 31.7 Å². The molecule has 4 heterocycles. The third-order valence-electron chi connectivity index (χ3n) is 6.87. The van der Waals surface area contributed by atoms with E-state index in [-0.39, 0.29) is 0 Å². The van der Waals surface area contributed by atoms with Gasteiger partial charge in [0.05, 0.1) is 0 Å². The molecule has 1 aromatic heterocycles.